The summed E-state index contributed by atoms with van der Waals surface area (Å²) in [5, 5.41) is 11.6. The molecule has 0 atom stereocenters. The molecule has 0 bridgehead atoms. The van der Waals surface area contributed by atoms with E-state index in [1.165, 1.54) is 12.1 Å². The summed E-state index contributed by atoms with van der Waals surface area (Å²) in [5.74, 6) is -0.786. The highest BCUT2D eigenvalue weighted by Crippen LogP contribution is 2.31. The number of alkyl halides is 3. The van der Waals surface area contributed by atoms with Crippen molar-refractivity contribution in [3.05, 3.63) is 65.2 Å². The van der Waals surface area contributed by atoms with E-state index in [1.54, 1.807) is 24.3 Å². The fourth-order valence-corrected chi connectivity index (χ4v) is 2.92. The fourth-order valence-electron chi connectivity index (χ4n) is 2.92. The molecule has 0 N–H and O–H groups in total. The summed E-state index contributed by atoms with van der Waals surface area (Å²) < 4.78 is 38.5. The molecule has 7 nitrogen and oxygen atoms in total. The van der Waals surface area contributed by atoms with Gasteiger partial charge in [-0.3, -0.25) is 14.5 Å². The maximum absolute atomic E-state index is 12.8. The summed E-state index contributed by atoms with van der Waals surface area (Å²) in [6.07, 6.45) is -4.47. The maximum Gasteiger partial charge on any atom is 0.416 e. The molecular weight excluding hydrogens is 375 g/mol. The van der Waals surface area contributed by atoms with Crippen molar-refractivity contribution in [1.29, 1.82) is 0 Å². The molecule has 0 saturated carbocycles. The second-order valence-corrected chi connectivity index (χ2v) is 6.10. The lowest BCUT2D eigenvalue weighted by molar-refractivity contribution is -0.137. The molecule has 28 heavy (non-hydrogen) atoms. The first kappa shape index (κ1) is 17.8. The van der Waals surface area contributed by atoms with Crippen LogP contribution in [-0.4, -0.2) is 43.5 Å². The van der Waals surface area contributed by atoms with E-state index in [0.717, 1.165) is 21.8 Å². The third kappa shape index (κ3) is 3.13. The van der Waals surface area contributed by atoms with Gasteiger partial charge < -0.3 is 0 Å². The van der Waals surface area contributed by atoms with Crippen LogP contribution in [0, 0.1) is 0 Å². The van der Waals surface area contributed by atoms with Crippen LogP contribution in [0.15, 0.2) is 48.5 Å². The minimum Gasteiger partial charge on any atom is -0.272 e. The summed E-state index contributed by atoms with van der Waals surface area (Å²) in [6, 6.07) is 11.1. The molecule has 2 amide bonds. The van der Waals surface area contributed by atoms with Crippen molar-refractivity contribution in [2.24, 2.45) is 0 Å². The first-order valence-electron chi connectivity index (χ1n) is 8.25. The van der Waals surface area contributed by atoms with Crippen molar-refractivity contribution in [1.82, 2.24) is 25.1 Å². The summed E-state index contributed by atoms with van der Waals surface area (Å²) in [6.45, 7) is 0.0855. The number of carbonyl (C=O) groups is 2. The highest BCUT2D eigenvalue weighted by molar-refractivity contribution is 6.21. The van der Waals surface area contributed by atoms with Crippen LogP contribution >= 0.6 is 0 Å². The molecule has 2 heterocycles. The van der Waals surface area contributed by atoms with Gasteiger partial charge >= 0.3 is 6.18 Å². The van der Waals surface area contributed by atoms with Gasteiger partial charge in [-0.15, -0.1) is 10.2 Å². The van der Waals surface area contributed by atoms with E-state index >= 15 is 0 Å². The van der Waals surface area contributed by atoms with Crippen molar-refractivity contribution >= 4 is 11.8 Å². The zero-order chi connectivity index (χ0) is 19.9. The first-order chi connectivity index (χ1) is 13.3. The molecule has 142 valence electrons. The quantitative estimate of drug-likeness (QED) is 0.643. The Morgan fingerprint density at radius 2 is 1.57 bits per heavy atom. The van der Waals surface area contributed by atoms with Gasteiger partial charge in [-0.2, -0.15) is 18.0 Å². The van der Waals surface area contributed by atoms with Crippen LogP contribution in [0.4, 0.5) is 13.2 Å². The van der Waals surface area contributed by atoms with Gasteiger partial charge in [0, 0.05) is 5.56 Å². The number of fused-ring (bicyclic) bond motifs is 1. The largest absolute Gasteiger partial charge is 0.416 e. The van der Waals surface area contributed by atoms with Crippen LogP contribution in [0.2, 0.25) is 0 Å². The van der Waals surface area contributed by atoms with E-state index in [1.807, 2.05) is 0 Å². The van der Waals surface area contributed by atoms with E-state index in [9.17, 15) is 22.8 Å². The van der Waals surface area contributed by atoms with E-state index in [0.29, 0.717) is 11.1 Å². The van der Waals surface area contributed by atoms with E-state index in [4.69, 9.17) is 0 Å². The number of hydrogen-bond acceptors (Lipinski definition) is 5. The number of amides is 2. The molecule has 10 heteroatoms. The van der Waals surface area contributed by atoms with Crippen molar-refractivity contribution in [2.75, 3.05) is 6.54 Å². The molecule has 1 aromatic heterocycles. The predicted molar refractivity (Wildman–Crippen MR) is 90.1 cm³/mol. The smallest absolute Gasteiger partial charge is 0.272 e. The van der Waals surface area contributed by atoms with Gasteiger partial charge in [-0.25, -0.2) is 0 Å². The number of halogens is 3. The lowest BCUT2D eigenvalue weighted by atomic mass is 10.1. The Hall–Kier alpha value is -3.56. The molecule has 0 unspecified atom stereocenters. The van der Waals surface area contributed by atoms with Gasteiger partial charge in [0.2, 0.25) is 5.82 Å². The molecule has 2 aromatic carbocycles. The molecule has 3 aromatic rings. The van der Waals surface area contributed by atoms with E-state index in [2.05, 4.69) is 15.4 Å². The van der Waals surface area contributed by atoms with Crippen molar-refractivity contribution < 1.29 is 22.8 Å². The Balaban J connectivity index is 1.48. The number of nitrogens with zero attached hydrogens (tertiary/aromatic N) is 5. The van der Waals surface area contributed by atoms with Crippen LogP contribution < -0.4 is 0 Å². The molecule has 0 saturated heterocycles. The summed E-state index contributed by atoms with van der Waals surface area (Å²) in [7, 11) is 0. The molecular formula is C18H12F3N5O2. The standard InChI is InChI=1S/C18H12F3N5O2/c19-18(20,21)12-5-3-4-11(10-12)15-22-24-26(23-15)9-8-25-16(27)13-6-1-2-7-14(13)17(25)28/h1-7,10H,8-9H2. The monoisotopic (exact) mass is 387 g/mol. The number of benzene rings is 2. The average Bonchev–Trinajstić information content (AvgIpc) is 3.24. The predicted octanol–water partition coefficient (Wildman–Crippen LogP) is 2.66. The highest BCUT2D eigenvalue weighted by atomic mass is 19.4. The normalized spacial score (nSPS) is 13.9. The lowest BCUT2D eigenvalue weighted by Gasteiger charge is -2.12. The number of carbonyl (C=O) groups excluding carboxylic acids is 2. The Kier molecular flexibility index (Phi) is 4.17. The Morgan fingerprint density at radius 1 is 0.893 bits per heavy atom. The summed E-state index contributed by atoms with van der Waals surface area (Å²) in [4.78, 5) is 26.9. The van der Waals surface area contributed by atoms with E-state index in [-0.39, 0.29) is 24.5 Å². The Morgan fingerprint density at radius 3 is 2.21 bits per heavy atom. The zero-order valence-corrected chi connectivity index (χ0v) is 14.2. The maximum atomic E-state index is 12.8. The fraction of sp³-hybridized carbons (Fsp3) is 0.167. The second-order valence-electron chi connectivity index (χ2n) is 6.10. The highest BCUT2D eigenvalue weighted by Gasteiger charge is 2.35. The lowest BCUT2D eigenvalue weighted by Crippen LogP contribution is -2.33. The molecule has 0 fully saturated rings. The molecule has 1 aliphatic rings. The minimum absolute atomic E-state index is 0.0186. The number of rotatable bonds is 4. The second kappa shape index (κ2) is 6.55. The summed E-state index contributed by atoms with van der Waals surface area (Å²) >= 11 is 0. The van der Waals surface area contributed by atoms with Crippen molar-refractivity contribution in [2.45, 2.75) is 12.7 Å². The minimum atomic E-state index is -4.47. The third-order valence-corrected chi connectivity index (χ3v) is 4.30. The number of hydrogen-bond donors (Lipinski definition) is 0. The first-order valence-corrected chi connectivity index (χ1v) is 8.25. The van der Waals surface area contributed by atoms with Crippen LogP contribution in [-0.2, 0) is 12.7 Å². The van der Waals surface area contributed by atoms with Gasteiger partial charge in [0.1, 0.15) is 0 Å². The number of tetrazole rings is 1. The molecule has 1 aliphatic heterocycles. The third-order valence-electron chi connectivity index (χ3n) is 4.30. The van der Waals surface area contributed by atoms with E-state index < -0.39 is 23.6 Å². The van der Waals surface area contributed by atoms with Gasteiger partial charge in [-0.05, 0) is 29.5 Å². The topological polar surface area (TPSA) is 81.0 Å². The van der Waals surface area contributed by atoms with Crippen molar-refractivity contribution in [3.63, 3.8) is 0 Å². The van der Waals surface area contributed by atoms with Gasteiger partial charge in [0.05, 0.1) is 29.8 Å². The molecule has 0 radical (unpaired) electrons. The van der Waals surface area contributed by atoms with Crippen LogP contribution in [0.25, 0.3) is 11.4 Å². The molecule has 0 aliphatic carbocycles. The van der Waals surface area contributed by atoms with Crippen LogP contribution in [0.1, 0.15) is 26.3 Å². The van der Waals surface area contributed by atoms with Crippen LogP contribution in [0.3, 0.4) is 0 Å². The average molecular weight is 387 g/mol. The Labute approximate surface area is 156 Å². The van der Waals surface area contributed by atoms with Gasteiger partial charge in [0.15, 0.2) is 0 Å². The Bertz CT molecular complexity index is 1040. The van der Waals surface area contributed by atoms with Crippen LogP contribution in [0.5, 0.6) is 0 Å². The molecule has 0 spiro atoms. The molecule has 4 rings (SSSR count). The van der Waals surface area contributed by atoms with Crippen molar-refractivity contribution in [3.8, 4) is 11.4 Å². The van der Waals surface area contributed by atoms with Gasteiger partial charge in [0.25, 0.3) is 11.8 Å². The SMILES string of the molecule is O=C1c2ccccc2C(=O)N1CCn1nnc(-c2cccc(C(F)(F)F)c2)n1. The number of imide groups is 1. The zero-order valence-electron chi connectivity index (χ0n) is 14.2. The van der Waals surface area contributed by atoms with Gasteiger partial charge in [-0.1, -0.05) is 24.3 Å². The number of aromatic nitrogens is 4. The summed E-state index contributed by atoms with van der Waals surface area (Å²) in [5.41, 5.74) is 0.0292.